The highest BCUT2D eigenvalue weighted by Crippen LogP contribution is 2.09. The maximum Gasteiger partial charge on any atom is 0.0671 e. The molecular weight excluding hydrogens is 160 g/mol. The number of anilines is 1. The lowest BCUT2D eigenvalue weighted by Crippen LogP contribution is -2.09. The van der Waals surface area contributed by atoms with E-state index in [1.165, 1.54) is 5.56 Å². The molecule has 0 spiro atoms. The molecule has 1 atom stereocenters. The van der Waals surface area contributed by atoms with E-state index in [0.717, 1.165) is 5.69 Å². The predicted octanol–water partition coefficient (Wildman–Crippen LogP) is 2.57. The van der Waals surface area contributed by atoms with E-state index in [9.17, 15) is 0 Å². The Labute approximate surface area is 79.2 Å². The number of nitrogens with one attached hydrogen (secondary N) is 1. The lowest BCUT2D eigenvalue weighted by molar-refractivity contribution is 0.786. The van der Waals surface area contributed by atoms with Crippen LogP contribution in [0.15, 0.2) is 24.3 Å². The van der Waals surface area contributed by atoms with Crippen LogP contribution in [0, 0.1) is 24.2 Å². The summed E-state index contributed by atoms with van der Waals surface area (Å²) in [7, 11) is 0. The lowest BCUT2D eigenvalue weighted by atomic mass is 10.2. The van der Waals surface area contributed by atoms with E-state index in [1.54, 1.807) is 0 Å². The Kier molecular flexibility index (Phi) is 3.33. The molecule has 0 aliphatic rings. The Bertz CT molecular complexity index is 312. The van der Waals surface area contributed by atoms with Crippen LogP contribution in [0.2, 0.25) is 0 Å². The Morgan fingerprint density at radius 2 is 2.31 bits per heavy atom. The second-order valence-corrected chi connectivity index (χ2v) is 3.28. The first-order valence-electron chi connectivity index (χ1n) is 4.42. The molecule has 1 unspecified atom stereocenters. The molecule has 2 nitrogen and oxygen atoms in total. The van der Waals surface area contributed by atoms with Crippen molar-refractivity contribution >= 4 is 5.69 Å². The van der Waals surface area contributed by atoms with Gasteiger partial charge in [0.25, 0.3) is 0 Å². The normalized spacial score (nSPS) is 11.8. The summed E-state index contributed by atoms with van der Waals surface area (Å²) in [6.07, 6.45) is 0. The first-order chi connectivity index (χ1) is 6.22. The highest BCUT2D eigenvalue weighted by Gasteiger charge is 1.98. The van der Waals surface area contributed by atoms with Crippen LogP contribution < -0.4 is 5.32 Å². The van der Waals surface area contributed by atoms with Crippen molar-refractivity contribution in [2.24, 2.45) is 5.92 Å². The molecule has 0 amide bonds. The van der Waals surface area contributed by atoms with Gasteiger partial charge in [0.15, 0.2) is 0 Å². The molecule has 2 heteroatoms. The minimum Gasteiger partial charge on any atom is -0.384 e. The molecule has 0 radical (unpaired) electrons. The van der Waals surface area contributed by atoms with E-state index in [4.69, 9.17) is 5.26 Å². The molecule has 68 valence electrons. The zero-order valence-electron chi connectivity index (χ0n) is 8.04. The van der Waals surface area contributed by atoms with Gasteiger partial charge < -0.3 is 5.32 Å². The van der Waals surface area contributed by atoms with Crippen LogP contribution in [0.1, 0.15) is 12.5 Å². The van der Waals surface area contributed by atoms with Gasteiger partial charge in [0, 0.05) is 12.2 Å². The molecule has 0 aliphatic carbocycles. The summed E-state index contributed by atoms with van der Waals surface area (Å²) in [4.78, 5) is 0. The summed E-state index contributed by atoms with van der Waals surface area (Å²) in [5.74, 6) is 0.0560. The molecular formula is C11H14N2. The van der Waals surface area contributed by atoms with Crippen molar-refractivity contribution < 1.29 is 0 Å². The van der Waals surface area contributed by atoms with Crippen molar-refractivity contribution in [1.29, 1.82) is 5.26 Å². The number of nitrogens with zero attached hydrogens (tertiary/aromatic N) is 1. The van der Waals surface area contributed by atoms with E-state index in [2.05, 4.69) is 30.4 Å². The molecule has 0 heterocycles. The van der Waals surface area contributed by atoms with Crippen LogP contribution in [0.5, 0.6) is 0 Å². The van der Waals surface area contributed by atoms with Crippen LogP contribution in [0.25, 0.3) is 0 Å². The maximum atomic E-state index is 8.58. The topological polar surface area (TPSA) is 35.8 Å². The van der Waals surface area contributed by atoms with E-state index >= 15 is 0 Å². The summed E-state index contributed by atoms with van der Waals surface area (Å²) in [6, 6.07) is 10.3. The Morgan fingerprint density at radius 1 is 1.54 bits per heavy atom. The van der Waals surface area contributed by atoms with Crippen LogP contribution in [-0.2, 0) is 0 Å². The second-order valence-electron chi connectivity index (χ2n) is 3.28. The number of rotatable bonds is 3. The van der Waals surface area contributed by atoms with Gasteiger partial charge in [-0.3, -0.25) is 0 Å². The van der Waals surface area contributed by atoms with E-state index in [0.29, 0.717) is 6.54 Å². The van der Waals surface area contributed by atoms with Gasteiger partial charge in [-0.05, 0) is 31.5 Å². The first kappa shape index (κ1) is 9.60. The molecule has 1 N–H and O–H groups in total. The molecule has 13 heavy (non-hydrogen) atoms. The van der Waals surface area contributed by atoms with Gasteiger partial charge in [0.2, 0.25) is 0 Å². The largest absolute Gasteiger partial charge is 0.384 e. The Hall–Kier alpha value is -1.49. The van der Waals surface area contributed by atoms with Crippen molar-refractivity contribution in [2.45, 2.75) is 13.8 Å². The standard InChI is InChI=1S/C11H14N2/c1-9-4-3-5-11(6-9)13-8-10(2)7-12/h3-6,10,13H,8H2,1-2H3. The van der Waals surface area contributed by atoms with Crippen LogP contribution in [-0.4, -0.2) is 6.54 Å². The summed E-state index contributed by atoms with van der Waals surface area (Å²) >= 11 is 0. The SMILES string of the molecule is Cc1cccc(NCC(C)C#N)c1. The van der Waals surface area contributed by atoms with Gasteiger partial charge in [0.1, 0.15) is 0 Å². The van der Waals surface area contributed by atoms with Crippen LogP contribution >= 0.6 is 0 Å². The van der Waals surface area contributed by atoms with Crippen LogP contribution in [0.3, 0.4) is 0 Å². The van der Waals surface area contributed by atoms with Crippen molar-refractivity contribution in [1.82, 2.24) is 0 Å². The van der Waals surface area contributed by atoms with Gasteiger partial charge in [-0.1, -0.05) is 12.1 Å². The zero-order valence-corrected chi connectivity index (χ0v) is 8.04. The highest BCUT2D eigenvalue weighted by atomic mass is 14.9. The minimum absolute atomic E-state index is 0.0560. The number of hydrogen-bond acceptors (Lipinski definition) is 2. The van der Waals surface area contributed by atoms with E-state index in [-0.39, 0.29) is 5.92 Å². The van der Waals surface area contributed by atoms with Gasteiger partial charge in [-0.15, -0.1) is 0 Å². The molecule has 0 bridgehead atoms. The number of hydrogen-bond donors (Lipinski definition) is 1. The summed E-state index contributed by atoms with van der Waals surface area (Å²) in [6.45, 7) is 4.67. The molecule has 0 saturated heterocycles. The van der Waals surface area contributed by atoms with Crippen LogP contribution in [0.4, 0.5) is 5.69 Å². The average Bonchev–Trinajstić information content (AvgIpc) is 2.14. The molecule has 1 aromatic rings. The third-order valence-corrected chi connectivity index (χ3v) is 1.85. The molecule has 1 rings (SSSR count). The average molecular weight is 174 g/mol. The second kappa shape index (κ2) is 4.51. The third-order valence-electron chi connectivity index (χ3n) is 1.85. The van der Waals surface area contributed by atoms with E-state index in [1.807, 2.05) is 19.1 Å². The smallest absolute Gasteiger partial charge is 0.0671 e. The lowest BCUT2D eigenvalue weighted by Gasteiger charge is -2.07. The summed E-state index contributed by atoms with van der Waals surface area (Å²) in [5.41, 5.74) is 2.32. The monoisotopic (exact) mass is 174 g/mol. The van der Waals surface area contributed by atoms with Gasteiger partial charge in [0.05, 0.1) is 12.0 Å². The highest BCUT2D eigenvalue weighted by molar-refractivity contribution is 5.45. The van der Waals surface area contributed by atoms with Crippen molar-refractivity contribution in [2.75, 3.05) is 11.9 Å². The van der Waals surface area contributed by atoms with Crippen molar-refractivity contribution in [3.63, 3.8) is 0 Å². The zero-order chi connectivity index (χ0) is 9.68. The van der Waals surface area contributed by atoms with Gasteiger partial charge in [-0.2, -0.15) is 5.26 Å². The fraction of sp³-hybridized carbons (Fsp3) is 0.364. The summed E-state index contributed by atoms with van der Waals surface area (Å²) < 4.78 is 0. The maximum absolute atomic E-state index is 8.58. The van der Waals surface area contributed by atoms with Gasteiger partial charge >= 0.3 is 0 Å². The first-order valence-corrected chi connectivity index (χ1v) is 4.42. The molecule has 0 aliphatic heterocycles. The molecule has 0 fully saturated rings. The van der Waals surface area contributed by atoms with E-state index < -0.39 is 0 Å². The minimum atomic E-state index is 0.0560. The molecule has 0 saturated carbocycles. The fourth-order valence-corrected chi connectivity index (χ4v) is 1.07. The molecule has 1 aromatic carbocycles. The number of nitriles is 1. The number of aryl methyl sites for hydroxylation is 1. The van der Waals surface area contributed by atoms with Crippen molar-refractivity contribution in [3.05, 3.63) is 29.8 Å². The Morgan fingerprint density at radius 3 is 2.92 bits per heavy atom. The summed E-state index contributed by atoms with van der Waals surface area (Å²) in [5, 5.41) is 11.8. The third kappa shape index (κ3) is 3.16. The number of benzene rings is 1. The fourth-order valence-electron chi connectivity index (χ4n) is 1.07. The molecule has 0 aromatic heterocycles. The van der Waals surface area contributed by atoms with Gasteiger partial charge in [-0.25, -0.2) is 0 Å². The quantitative estimate of drug-likeness (QED) is 0.764. The predicted molar refractivity (Wildman–Crippen MR) is 54.4 cm³/mol. The Balaban J connectivity index is 2.51. The van der Waals surface area contributed by atoms with Crippen molar-refractivity contribution in [3.8, 4) is 6.07 Å².